The van der Waals surface area contributed by atoms with Crippen molar-refractivity contribution in [3.8, 4) is 0 Å². The standard InChI is InChI=1S/C11H22N2O2S/c1-2-13-16(14,15)8-7-12-11(9-3-4-9)10-5-6-10/h9-13H,2-8H2,1H3. The summed E-state index contributed by atoms with van der Waals surface area (Å²) in [7, 11) is -3.05. The molecule has 2 N–H and O–H groups in total. The lowest BCUT2D eigenvalue weighted by molar-refractivity contribution is 0.427. The molecule has 2 saturated carbocycles. The maximum Gasteiger partial charge on any atom is 0.212 e. The van der Waals surface area contributed by atoms with Crippen molar-refractivity contribution in [2.24, 2.45) is 11.8 Å². The Hall–Kier alpha value is -0.130. The molecule has 0 aromatic carbocycles. The quantitative estimate of drug-likeness (QED) is 0.663. The van der Waals surface area contributed by atoms with Gasteiger partial charge in [0.25, 0.3) is 0 Å². The first-order valence-corrected chi connectivity index (χ1v) is 7.98. The van der Waals surface area contributed by atoms with Crippen molar-refractivity contribution < 1.29 is 8.42 Å². The first-order valence-electron chi connectivity index (χ1n) is 6.33. The summed E-state index contributed by atoms with van der Waals surface area (Å²) in [6.45, 7) is 2.88. The van der Waals surface area contributed by atoms with E-state index in [2.05, 4.69) is 10.0 Å². The van der Waals surface area contributed by atoms with Crippen molar-refractivity contribution in [2.75, 3.05) is 18.8 Å². The highest BCUT2D eigenvalue weighted by atomic mass is 32.2. The highest BCUT2D eigenvalue weighted by Crippen LogP contribution is 2.44. The zero-order chi connectivity index (χ0) is 11.6. The molecule has 2 fully saturated rings. The van der Waals surface area contributed by atoms with Gasteiger partial charge in [-0.3, -0.25) is 0 Å². The van der Waals surface area contributed by atoms with Crippen molar-refractivity contribution >= 4 is 10.0 Å². The second-order valence-electron chi connectivity index (χ2n) is 4.97. The predicted octanol–water partition coefficient (Wildman–Crippen LogP) is 0.704. The molecule has 4 nitrogen and oxygen atoms in total. The van der Waals surface area contributed by atoms with E-state index in [4.69, 9.17) is 0 Å². The Bertz CT molecular complexity index is 309. The van der Waals surface area contributed by atoms with Gasteiger partial charge < -0.3 is 5.32 Å². The molecule has 0 heterocycles. The van der Waals surface area contributed by atoms with Gasteiger partial charge in [0.1, 0.15) is 0 Å². The summed E-state index contributed by atoms with van der Waals surface area (Å²) in [6.07, 6.45) is 5.31. The van der Waals surface area contributed by atoms with Crippen LogP contribution in [0.2, 0.25) is 0 Å². The van der Waals surface area contributed by atoms with E-state index >= 15 is 0 Å². The fraction of sp³-hybridized carbons (Fsp3) is 1.00. The molecule has 94 valence electrons. The third-order valence-electron chi connectivity index (χ3n) is 3.37. The average Bonchev–Trinajstić information content (AvgIpc) is 3.04. The fourth-order valence-electron chi connectivity index (χ4n) is 2.28. The van der Waals surface area contributed by atoms with Gasteiger partial charge >= 0.3 is 0 Å². The van der Waals surface area contributed by atoms with Gasteiger partial charge in [0.2, 0.25) is 10.0 Å². The summed E-state index contributed by atoms with van der Waals surface area (Å²) in [5.41, 5.74) is 0. The molecule has 0 saturated heterocycles. The molecule has 2 aliphatic carbocycles. The van der Waals surface area contributed by atoms with Gasteiger partial charge in [0.15, 0.2) is 0 Å². The lowest BCUT2D eigenvalue weighted by atomic mass is 10.1. The minimum absolute atomic E-state index is 0.205. The molecule has 2 aliphatic rings. The van der Waals surface area contributed by atoms with Crippen molar-refractivity contribution in [3.63, 3.8) is 0 Å². The van der Waals surface area contributed by atoms with Crippen molar-refractivity contribution in [1.82, 2.24) is 10.0 Å². The Morgan fingerprint density at radius 2 is 1.75 bits per heavy atom. The fourth-order valence-corrected chi connectivity index (χ4v) is 3.25. The molecular weight excluding hydrogens is 224 g/mol. The topological polar surface area (TPSA) is 58.2 Å². The Balaban J connectivity index is 1.69. The minimum atomic E-state index is -3.05. The van der Waals surface area contributed by atoms with Crippen LogP contribution in [0.4, 0.5) is 0 Å². The third-order valence-corrected chi connectivity index (χ3v) is 4.84. The molecule has 0 aromatic heterocycles. The van der Waals surface area contributed by atoms with Crippen LogP contribution in [0, 0.1) is 11.8 Å². The van der Waals surface area contributed by atoms with Gasteiger partial charge in [-0.2, -0.15) is 0 Å². The minimum Gasteiger partial charge on any atom is -0.312 e. The molecule has 0 spiro atoms. The Morgan fingerprint density at radius 1 is 1.19 bits per heavy atom. The largest absolute Gasteiger partial charge is 0.312 e. The van der Waals surface area contributed by atoms with E-state index in [0.717, 1.165) is 11.8 Å². The first-order chi connectivity index (χ1) is 7.62. The molecule has 0 aliphatic heterocycles. The number of rotatable bonds is 8. The van der Waals surface area contributed by atoms with Crippen LogP contribution in [-0.4, -0.2) is 33.3 Å². The van der Waals surface area contributed by atoms with E-state index in [-0.39, 0.29) is 5.75 Å². The average molecular weight is 246 g/mol. The van der Waals surface area contributed by atoms with Crippen LogP contribution in [-0.2, 0) is 10.0 Å². The van der Waals surface area contributed by atoms with Crippen LogP contribution in [0.5, 0.6) is 0 Å². The van der Waals surface area contributed by atoms with Crippen LogP contribution >= 0.6 is 0 Å². The maximum atomic E-state index is 11.4. The normalized spacial score (nSPS) is 21.6. The smallest absolute Gasteiger partial charge is 0.212 e. The highest BCUT2D eigenvalue weighted by Gasteiger charge is 2.40. The van der Waals surface area contributed by atoms with Crippen LogP contribution < -0.4 is 10.0 Å². The second-order valence-corrected chi connectivity index (χ2v) is 6.90. The van der Waals surface area contributed by atoms with E-state index in [0.29, 0.717) is 19.1 Å². The zero-order valence-corrected chi connectivity index (χ0v) is 10.7. The summed E-state index contributed by atoms with van der Waals surface area (Å²) in [6, 6.07) is 0.594. The molecule has 5 heteroatoms. The van der Waals surface area contributed by atoms with E-state index in [9.17, 15) is 8.42 Å². The second kappa shape index (κ2) is 5.02. The third kappa shape index (κ3) is 3.71. The molecule has 0 atom stereocenters. The van der Waals surface area contributed by atoms with Crippen LogP contribution in [0.15, 0.2) is 0 Å². The molecule has 0 bridgehead atoms. The van der Waals surface area contributed by atoms with Crippen molar-refractivity contribution in [1.29, 1.82) is 0 Å². The molecule has 0 unspecified atom stereocenters. The lowest BCUT2D eigenvalue weighted by Gasteiger charge is -2.17. The van der Waals surface area contributed by atoms with E-state index in [1.165, 1.54) is 25.7 Å². The van der Waals surface area contributed by atoms with E-state index in [1.807, 2.05) is 6.92 Å². The first kappa shape index (κ1) is 12.3. The predicted molar refractivity (Wildman–Crippen MR) is 64.7 cm³/mol. The summed E-state index contributed by atoms with van der Waals surface area (Å²) in [5.74, 6) is 1.86. The molecule has 2 rings (SSSR count). The Kier molecular flexibility index (Phi) is 3.87. The van der Waals surface area contributed by atoms with Gasteiger partial charge in [-0.15, -0.1) is 0 Å². The van der Waals surface area contributed by atoms with Crippen LogP contribution in [0.3, 0.4) is 0 Å². The van der Waals surface area contributed by atoms with Gasteiger partial charge in [0, 0.05) is 19.1 Å². The van der Waals surface area contributed by atoms with Gasteiger partial charge in [-0.25, -0.2) is 13.1 Å². The molecular formula is C11H22N2O2S. The number of nitrogens with one attached hydrogen (secondary N) is 2. The summed E-state index contributed by atoms with van der Waals surface area (Å²) in [5, 5.41) is 3.44. The van der Waals surface area contributed by atoms with E-state index in [1.54, 1.807) is 0 Å². The molecule has 0 aromatic rings. The van der Waals surface area contributed by atoms with Crippen LogP contribution in [0.1, 0.15) is 32.6 Å². The van der Waals surface area contributed by atoms with E-state index < -0.39 is 10.0 Å². The van der Waals surface area contributed by atoms with Crippen molar-refractivity contribution in [2.45, 2.75) is 38.6 Å². The Labute approximate surface area is 98.2 Å². The summed E-state index contributed by atoms with van der Waals surface area (Å²) < 4.78 is 25.4. The number of sulfonamides is 1. The zero-order valence-electron chi connectivity index (χ0n) is 9.91. The van der Waals surface area contributed by atoms with Gasteiger partial charge in [0.05, 0.1) is 5.75 Å². The summed E-state index contributed by atoms with van der Waals surface area (Å²) >= 11 is 0. The Morgan fingerprint density at radius 3 is 2.19 bits per heavy atom. The molecule has 0 amide bonds. The maximum absolute atomic E-state index is 11.4. The molecule has 16 heavy (non-hydrogen) atoms. The SMILES string of the molecule is CCNS(=O)(=O)CCNC(C1CC1)C1CC1. The van der Waals surface area contributed by atoms with Crippen molar-refractivity contribution in [3.05, 3.63) is 0 Å². The molecule has 0 radical (unpaired) electrons. The number of hydrogen-bond donors (Lipinski definition) is 2. The van der Waals surface area contributed by atoms with Gasteiger partial charge in [-0.1, -0.05) is 6.92 Å². The van der Waals surface area contributed by atoms with Crippen LogP contribution in [0.25, 0.3) is 0 Å². The highest BCUT2D eigenvalue weighted by molar-refractivity contribution is 7.89. The summed E-state index contributed by atoms with van der Waals surface area (Å²) in [4.78, 5) is 0. The number of hydrogen-bond acceptors (Lipinski definition) is 3. The lowest BCUT2D eigenvalue weighted by Crippen LogP contribution is -2.38. The monoisotopic (exact) mass is 246 g/mol. The van der Waals surface area contributed by atoms with Gasteiger partial charge in [-0.05, 0) is 37.5 Å².